The van der Waals surface area contributed by atoms with Crippen LogP contribution in [0.2, 0.25) is 0 Å². The van der Waals surface area contributed by atoms with Gasteiger partial charge in [0, 0.05) is 30.6 Å². The minimum atomic E-state index is -0.0999. The molecule has 5 heteroatoms. The average Bonchev–Trinajstić information content (AvgIpc) is 3.07. The zero-order valence-corrected chi connectivity index (χ0v) is 12.3. The number of piperidine rings is 1. The summed E-state index contributed by atoms with van der Waals surface area (Å²) in [7, 11) is 0. The van der Waals surface area contributed by atoms with Gasteiger partial charge in [0.2, 0.25) is 0 Å². The lowest BCUT2D eigenvalue weighted by molar-refractivity contribution is 0.0887. The van der Waals surface area contributed by atoms with Crippen LogP contribution < -0.4 is 5.32 Å². The Balaban J connectivity index is 1.58. The van der Waals surface area contributed by atoms with Gasteiger partial charge in [-0.3, -0.25) is 4.79 Å². The molecule has 0 radical (unpaired) electrons. The van der Waals surface area contributed by atoms with Gasteiger partial charge in [0.15, 0.2) is 5.69 Å². The second-order valence-corrected chi connectivity index (χ2v) is 6.30. The van der Waals surface area contributed by atoms with E-state index < -0.39 is 0 Å². The fourth-order valence-corrected chi connectivity index (χ4v) is 3.28. The summed E-state index contributed by atoms with van der Waals surface area (Å²) in [6.45, 7) is 6.38. The number of carbonyl (C=O) groups excluding carboxylic acids is 1. The lowest BCUT2D eigenvalue weighted by atomic mass is 9.97. The minimum absolute atomic E-state index is 0.0999. The first-order valence-electron chi connectivity index (χ1n) is 7.65. The van der Waals surface area contributed by atoms with E-state index in [0.29, 0.717) is 11.7 Å². The van der Waals surface area contributed by atoms with E-state index in [4.69, 9.17) is 4.52 Å². The zero-order chi connectivity index (χ0) is 14.1. The molecule has 20 heavy (non-hydrogen) atoms. The summed E-state index contributed by atoms with van der Waals surface area (Å²) in [4.78, 5) is 14.7. The number of nitrogens with zero attached hydrogens (tertiary/aromatic N) is 2. The van der Waals surface area contributed by atoms with E-state index in [0.717, 1.165) is 25.1 Å². The van der Waals surface area contributed by atoms with Crippen LogP contribution in [0.25, 0.3) is 0 Å². The molecule has 2 saturated heterocycles. The summed E-state index contributed by atoms with van der Waals surface area (Å²) in [6.07, 6.45) is 4.68. The first-order valence-corrected chi connectivity index (χ1v) is 7.65. The third-order valence-electron chi connectivity index (χ3n) is 4.49. The van der Waals surface area contributed by atoms with Crippen LogP contribution in [0.4, 0.5) is 0 Å². The smallest absolute Gasteiger partial charge is 0.273 e. The highest BCUT2D eigenvalue weighted by atomic mass is 16.5. The van der Waals surface area contributed by atoms with Crippen LogP contribution in [-0.2, 0) is 0 Å². The largest absolute Gasteiger partial charge is 0.360 e. The maximum Gasteiger partial charge on any atom is 0.273 e. The van der Waals surface area contributed by atoms with Crippen LogP contribution in [0.3, 0.4) is 0 Å². The first-order chi connectivity index (χ1) is 9.63. The Kier molecular flexibility index (Phi) is 3.78. The molecule has 2 atom stereocenters. The van der Waals surface area contributed by atoms with E-state index in [9.17, 15) is 4.79 Å². The molecule has 3 heterocycles. The monoisotopic (exact) mass is 277 g/mol. The van der Waals surface area contributed by atoms with Crippen LogP contribution in [0.15, 0.2) is 10.6 Å². The molecular formula is C15H23N3O2. The van der Waals surface area contributed by atoms with Crippen molar-refractivity contribution in [2.75, 3.05) is 13.1 Å². The number of nitrogens with one attached hydrogen (secondary N) is 1. The molecular weight excluding hydrogens is 254 g/mol. The lowest BCUT2D eigenvalue weighted by Crippen LogP contribution is -2.47. The van der Waals surface area contributed by atoms with Crippen molar-refractivity contribution < 1.29 is 9.32 Å². The van der Waals surface area contributed by atoms with Gasteiger partial charge in [0.1, 0.15) is 5.76 Å². The summed E-state index contributed by atoms with van der Waals surface area (Å²) in [5, 5.41) is 6.98. The molecule has 110 valence electrons. The third kappa shape index (κ3) is 2.73. The summed E-state index contributed by atoms with van der Waals surface area (Å²) < 4.78 is 5.19. The highest BCUT2D eigenvalue weighted by Crippen LogP contribution is 2.27. The standard InChI is InChI=1S/C15H23N3O2/c1-10(2)14-9-13(17-20-14)15(19)16-11-5-7-18-6-3-4-12(18)8-11/h9-12H,3-8H2,1-2H3,(H,16,19)/t11-,12-/m1/s1. The van der Waals surface area contributed by atoms with E-state index in [-0.39, 0.29) is 17.9 Å². The molecule has 0 saturated carbocycles. The maximum absolute atomic E-state index is 12.2. The second-order valence-electron chi connectivity index (χ2n) is 6.30. The van der Waals surface area contributed by atoms with E-state index in [1.807, 2.05) is 13.8 Å². The molecule has 1 aromatic rings. The van der Waals surface area contributed by atoms with Gasteiger partial charge in [-0.25, -0.2) is 0 Å². The molecule has 2 aliphatic heterocycles. The van der Waals surface area contributed by atoms with Crippen LogP contribution in [0, 0.1) is 0 Å². The van der Waals surface area contributed by atoms with E-state index in [2.05, 4.69) is 15.4 Å². The molecule has 0 aliphatic carbocycles. The minimum Gasteiger partial charge on any atom is -0.360 e. The lowest BCUT2D eigenvalue weighted by Gasteiger charge is -2.34. The quantitative estimate of drug-likeness (QED) is 0.919. The van der Waals surface area contributed by atoms with Crippen molar-refractivity contribution in [1.29, 1.82) is 0 Å². The van der Waals surface area contributed by atoms with Gasteiger partial charge in [0.25, 0.3) is 5.91 Å². The van der Waals surface area contributed by atoms with E-state index in [1.165, 1.54) is 19.4 Å². The van der Waals surface area contributed by atoms with Crippen LogP contribution in [0.5, 0.6) is 0 Å². The molecule has 3 rings (SSSR count). The molecule has 0 aromatic carbocycles. The molecule has 2 fully saturated rings. The van der Waals surface area contributed by atoms with Gasteiger partial charge < -0.3 is 14.7 Å². The van der Waals surface area contributed by atoms with Crippen molar-refractivity contribution in [2.45, 2.75) is 57.5 Å². The Hall–Kier alpha value is -1.36. The zero-order valence-electron chi connectivity index (χ0n) is 12.3. The summed E-state index contributed by atoms with van der Waals surface area (Å²) in [5.74, 6) is 0.920. The van der Waals surface area contributed by atoms with Crippen molar-refractivity contribution >= 4 is 5.91 Å². The fourth-order valence-electron chi connectivity index (χ4n) is 3.28. The van der Waals surface area contributed by atoms with Crippen molar-refractivity contribution in [2.24, 2.45) is 0 Å². The van der Waals surface area contributed by atoms with Crippen LogP contribution in [-0.4, -0.2) is 41.1 Å². The number of amides is 1. The maximum atomic E-state index is 12.2. The van der Waals surface area contributed by atoms with Gasteiger partial charge in [0.05, 0.1) is 0 Å². The molecule has 1 aromatic heterocycles. The highest BCUT2D eigenvalue weighted by molar-refractivity contribution is 5.92. The van der Waals surface area contributed by atoms with Gasteiger partial charge in [-0.2, -0.15) is 0 Å². The third-order valence-corrected chi connectivity index (χ3v) is 4.49. The number of carbonyl (C=O) groups is 1. The number of rotatable bonds is 3. The summed E-state index contributed by atoms with van der Waals surface area (Å²) in [6, 6.07) is 2.70. The van der Waals surface area contributed by atoms with Crippen molar-refractivity contribution in [3.8, 4) is 0 Å². The first kappa shape index (κ1) is 13.6. The number of fused-ring (bicyclic) bond motifs is 1. The Labute approximate surface area is 119 Å². The summed E-state index contributed by atoms with van der Waals surface area (Å²) in [5.41, 5.74) is 0.405. The van der Waals surface area contributed by atoms with Gasteiger partial charge in [-0.15, -0.1) is 0 Å². The number of hydrogen-bond donors (Lipinski definition) is 1. The molecule has 0 bridgehead atoms. The predicted molar refractivity (Wildman–Crippen MR) is 75.7 cm³/mol. The van der Waals surface area contributed by atoms with Crippen molar-refractivity contribution in [3.05, 3.63) is 17.5 Å². The van der Waals surface area contributed by atoms with E-state index >= 15 is 0 Å². The van der Waals surface area contributed by atoms with Crippen molar-refractivity contribution in [3.63, 3.8) is 0 Å². The Bertz CT molecular complexity index is 483. The SMILES string of the molecule is CC(C)c1cc(C(=O)N[C@@H]2CCN3CCC[C@@H]3C2)no1. The molecule has 1 amide bonds. The highest BCUT2D eigenvalue weighted by Gasteiger charge is 2.32. The normalized spacial score (nSPS) is 26.8. The predicted octanol–water partition coefficient (Wildman–Crippen LogP) is 2.15. The molecule has 0 spiro atoms. The van der Waals surface area contributed by atoms with Crippen molar-refractivity contribution in [1.82, 2.24) is 15.4 Å². The molecule has 2 aliphatic rings. The van der Waals surface area contributed by atoms with E-state index in [1.54, 1.807) is 6.07 Å². The van der Waals surface area contributed by atoms with Crippen LogP contribution in [0.1, 0.15) is 61.7 Å². The average molecular weight is 277 g/mol. The number of hydrogen-bond acceptors (Lipinski definition) is 4. The van der Waals surface area contributed by atoms with Gasteiger partial charge >= 0.3 is 0 Å². The second kappa shape index (κ2) is 5.56. The number of aromatic nitrogens is 1. The van der Waals surface area contributed by atoms with Gasteiger partial charge in [-0.1, -0.05) is 19.0 Å². The summed E-state index contributed by atoms with van der Waals surface area (Å²) >= 11 is 0. The Morgan fingerprint density at radius 2 is 2.30 bits per heavy atom. The van der Waals surface area contributed by atoms with Crippen LogP contribution >= 0.6 is 0 Å². The topological polar surface area (TPSA) is 58.4 Å². The molecule has 5 nitrogen and oxygen atoms in total. The molecule has 1 N–H and O–H groups in total. The fraction of sp³-hybridized carbons (Fsp3) is 0.733. The molecule has 0 unspecified atom stereocenters. The Morgan fingerprint density at radius 3 is 3.05 bits per heavy atom. The Morgan fingerprint density at radius 1 is 1.45 bits per heavy atom. The van der Waals surface area contributed by atoms with Gasteiger partial charge in [-0.05, 0) is 32.2 Å².